The largest absolute Gasteiger partial charge is 0.392 e. The molecule has 1 atom stereocenters. The van der Waals surface area contributed by atoms with Crippen LogP contribution in [0.25, 0.3) is 0 Å². The Kier molecular flexibility index (Phi) is 5.09. The highest BCUT2D eigenvalue weighted by molar-refractivity contribution is 5.77. The monoisotopic (exact) mass is 280 g/mol. The molecule has 4 nitrogen and oxygen atoms in total. The number of amides is 1. The molecule has 0 heterocycles. The first-order valence-electron chi connectivity index (χ1n) is 6.93. The third-order valence-corrected chi connectivity index (χ3v) is 3.51. The van der Waals surface area contributed by atoms with Crippen molar-refractivity contribution in [2.24, 2.45) is 5.92 Å². The Morgan fingerprint density at radius 3 is 2.85 bits per heavy atom. The maximum Gasteiger partial charge on any atom is 0.234 e. The van der Waals surface area contributed by atoms with Gasteiger partial charge in [0.15, 0.2) is 0 Å². The number of carbonyl (C=O) groups excluding carboxylic acids is 1. The van der Waals surface area contributed by atoms with Gasteiger partial charge in [-0.15, -0.1) is 0 Å². The van der Waals surface area contributed by atoms with Crippen LogP contribution in [0.4, 0.5) is 4.39 Å². The third kappa shape index (κ3) is 4.58. The molecule has 1 aromatic rings. The summed E-state index contributed by atoms with van der Waals surface area (Å²) in [5.74, 6) is -0.0806. The van der Waals surface area contributed by atoms with Gasteiger partial charge in [0, 0.05) is 18.7 Å². The van der Waals surface area contributed by atoms with Crippen LogP contribution in [0.1, 0.15) is 18.4 Å². The summed E-state index contributed by atoms with van der Waals surface area (Å²) in [4.78, 5) is 13.5. The zero-order valence-electron chi connectivity index (χ0n) is 11.7. The predicted octanol–water partition coefficient (Wildman–Crippen LogP) is 1.14. The van der Waals surface area contributed by atoms with Crippen molar-refractivity contribution >= 4 is 5.91 Å². The van der Waals surface area contributed by atoms with Gasteiger partial charge in [0.2, 0.25) is 5.91 Å². The van der Waals surface area contributed by atoms with Crippen LogP contribution in [0.15, 0.2) is 24.3 Å². The molecule has 5 heteroatoms. The predicted molar refractivity (Wildman–Crippen MR) is 74.5 cm³/mol. The molecule has 2 N–H and O–H groups in total. The van der Waals surface area contributed by atoms with Crippen molar-refractivity contribution in [1.29, 1.82) is 0 Å². The van der Waals surface area contributed by atoms with Crippen molar-refractivity contribution in [2.45, 2.75) is 25.5 Å². The molecule has 2 rings (SSSR count). The Hall–Kier alpha value is -1.46. The van der Waals surface area contributed by atoms with E-state index in [1.807, 2.05) is 0 Å². The Bertz CT molecular complexity index is 463. The van der Waals surface area contributed by atoms with E-state index in [1.165, 1.54) is 6.07 Å². The van der Waals surface area contributed by atoms with Gasteiger partial charge >= 0.3 is 0 Å². The Balaban J connectivity index is 1.70. The smallest absolute Gasteiger partial charge is 0.234 e. The van der Waals surface area contributed by atoms with Crippen LogP contribution in [-0.4, -0.2) is 42.2 Å². The Morgan fingerprint density at radius 1 is 1.50 bits per heavy atom. The molecule has 0 saturated heterocycles. The average Bonchev–Trinajstić information content (AvgIpc) is 3.21. The number of hydrogen-bond donors (Lipinski definition) is 2. The second-order valence-corrected chi connectivity index (χ2v) is 5.47. The lowest BCUT2D eigenvalue weighted by molar-refractivity contribution is -0.122. The van der Waals surface area contributed by atoms with E-state index < -0.39 is 0 Å². The van der Waals surface area contributed by atoms with Crippen molar-refractivity contribution in [2.75, 3.05) is 20.1 Å². The van der Waals surface area contributed by atoms with E-state index in [-0.39, 0.29) is 30.9 Å². The molecule has 20 heavy (non-hydrogen) atoms. The summed E-state index contributed by atoms with van der Waals surface area (Å²) in [6, 6.07) is 6.38. The van der Waals surface area contributed by atoms with Crippen molar-refractivity contribution in [3.05, 3.63) is 35.6 Å². The minimum absolute atomic E-state index is 0.168. The van der Waals surface area contributed by atoms with Gasteiger partial charge in [-0.1, -0.05) is 18.2 Å². The normalized spacial score (nSPS) is 16.2. The lowest BCUT2D eigenvalue weighted by Crippen LogP contribution is -2.39. The molecule has 110 valence electrons. The van der Waals surface area contributed by atoms with Crippen molar-refractivity contribution in [1.82, 2.24) is 10.2 Å². The number of hydrogen-bond acceptors (Lipinski definition) is 3. The molecule has 0 aromatic heterocycles. The fourth-order valence-electron chi connectivity index (χ4n) is 2.15. The van der Waals surface area contributed by atoms with E-state index in [9.17, 15) is 14.3 Å². The van der Waals surface area contributed by atoms with Crippen LogP contribution in [0.2, 0.25) is 0 Å². The van der Waals surface area contributed by atoms with E-state index in [4.69, 9.17) is 0 Å². The summed E-state index contributed by atoms with van der Waals surface area (Å²) in [5.41, 5.74) is 0.474. The molecule has 1 unspecified atom stereocenters. The van der Waals surface area contributed by atoms with Crippen LogP contribution in [0, 0.1) is 11.7 Å². The number of likely N-dealkylation sites (N-methyl/N-ethyl adjacent to an activating group) is 1. The van der Waals surface area contributed by atoms with Gasteiger partial charge in [0.1, 0.15) is 5.82 Å². The Labute approximate surface area is 118 Å². The SMILES string of the molecule is CN(CC(=O)NCc1ccccc1F)CC(O)C1CC1. The lowest BCUT2D eigenvalue weighted by Gasteiger charge is -2.19. The molecule has 0 bridgehead atoms. The maximum absolute atomic E-state index is 13.4. The minimum atomic E-state index is -0.348. The Morgan fingerprint density at radius 2 is 2.20 bits per heavy atom. The van der Waals surface area contributed by atoms with Gasteiger partial charge < -0.3 is 10.4 Å². The summed E-state index contributed by atoms with van der Waals surface area (Å²) in [6.07, 6.45) is 1.81. The van der Waals surface area contributed by atoms with Crippen LogP contribution >= 0.6 is 0 Å². The molecule has 0 aliphatic heterocycles. The van der Waals surface area contributed by atoms with Gasteiger partial charge in [0.05, 0.1) is 12.6 Å². The average molecular weight is 280 g/mol. The number of rotatable bonds is 7. The number of benzene rings is 1. The lowest BCUT2D eigenvalue weighted by atomic mass is 10.2. The molecule has 1 aliphatic rings. The highest BCUT2D eigenvalue weighted by Crippen LogP contribution is 2.32. The summed E-state index contributed by atoms with van der Waals surface area (Å²) in [5, 5.41) is 12.5. The number of nitrogens with zero attached hydrogens (tertiary/aromatic N) is 1. The molecular weight excluding hydrogens is 259 g/mol. The first-order chi connectivity index (χ1) is 9.56. The summed E-state index contributed by atoms with van der Waals surface area (Å²) >= 11 is 0. The quantitative estimate of drug-likeness (QED) is 0.787. The molecule has 1 aliphatic carbocycles. The molecule has 1 saturated carbocycles. The van der Waals surface area contributed by atoms with Crippen LogP contribution < -0.4 is 5.32 Å². The zero-order chi connectivity index (χ0) is 14.5. The number of aliphatic hydroxyl groups is 1. The molecule has 0 spiro atoms. The van der Waals surface area contributed by atoms with Gasteiger partial charge in [-0.05, 0) is 31.9 Å². The summed E-state index contributed by atoms with van der Waals surface area (Å²) in [7, 11) is 1.80. The summed E-state index contributed by atoms with van der Waals surface area (Å²) in [6.45, 7) is 0.889. The van der Waals surface area contributed by atoms with Crippen molar-refractivity contribution < 1.29 is 14.3 Å². The maximum atomic E-state index is 13.4. The topological polar surface area (TPSA) is 52.6 Å². The first-order valence-corrected chi connectivity index (χ1v) is 6.93. The number of carbonyl (C=O) groups is 1. The molecular formula is C15H21FN2O2. The number of aliphatic hydroxyl groups excluding tert-OH is 1. The van der Waals surface area contributed by atoms with E-state index in [0.717, 1.165) is 12.8 Å². The third-order valence-electron chi connectivity index (χ3n) is 3.51. The van der Waals surface area contributed by atoms with Crippen LogP contribution in [0.3, 0.4) is 0 Å². The standard InChI is InChI=1S/C15H21FN2O2/c1-18(9-14(19)11-6-7-11)10-15(20)17-8-12-4-2-3-5-13(12)16/h2-5,11,14,19H,6-10H2,1H3,(H,17,20). The van der Waals surface area contributed by atoms with Gasteiger partial charge in [0.25, 0.3) is 0 Å². The molecule has 1 aromatic carbocycles. The zero-order valence-corrected chi connectivity index (χ0v) is 11.7. The number of nitrogens with one attached hydrogen (secondary N) is 1. The van der Waals surface area contributed by atoms with Crippen molar-refractivity contribution in [3.63, 3.8) is 0 Å². The summed E-state index contributed by atoms with van der Waals surface area (Å²) < 4.78 is 13.4. The van der Waals surface area contributed by atoms with Gasteiger partial charge in [-0.25, -0.2) is 4.39 Å². The van der Waals surface area contributed by atoms with Crippen LogP contribution in [0.5, 0.6) is 0 Å². The minimum Gasteiger partial charge on any atom is -0.392 e. The second-order valence-electron chi connectivity index (χ2n) is 5.47. The highest BCUT2D eigenvalue weighted by atomic mass is 19.1. The van der Waals surface area contributed by atoms with E-state index in [2.05, 4.69) is 5.32 Å². The van der Waals surface area contributed by atoms with Gasteiger partial charge in [-0.2, -0.15) is 0 Å². The fourth-order valence-corrected chi connectivity index (χ4v) is 2.15. The van der Waals surface area contributed by atoms with E-state index in [1.54, 1.807) is 30.1 Å². The molecule has 1 amide bonds. The first kappa shape index (κ1) is 14.9. The van der Waals surface area contributed by atoms with E-state index >= 15 is 0 Å². The fraction of sp³-hybridized carbons (Fsp3) is 0.533. The molecule has 1 fully saturated rings. The van der Waals surface area contributed by atoms with Crippen LogP contribution in [-0.2, 0) is 11.3 Å². The van der Waals surface area contributed by atoms with Gasteiger partial charge in [-0.3, -0.25) is 9.69 Å². The molecule has 0 radical (unpaired) electrons. The highest BCUT2D eigenvalue weighted by Gasteiger charge is 2.30. The number of halogens is 1. The van der Waals surface area contributed by atoms with E-state index in [0.29, 0.717) is 18.0 Å². The van der Waals surface area contributed by atoms with Crippen molar-refractivity contribution in [3.8, 4) is 0 Å². The second kappa shape index (κ2) is 6.81.